The lowest BCUT2D eigenvalue weighted by Crippen LogP contribution is -2.08. The summed E-state index contributed by atoms with van der Waals surface area (Å²) in [4.78, 5) is 1.07. The number of hydrogen-bond donors (Lipinski definition) is 1. The summed E-state index contributed by atoms with van der Waals surface area (Å²) < 4.78 is 11.8. The monoisotopic (exact) mass is 195 g/mol. The van der Waals surface area contributed by atoms with Crippen molar-refractivity contribution in [2.75, 3.05) is 6.67 Å². The highest BCUT2D eigenvalue weighted by molar-refractivity contribution is 7.10. The van der Waals surface area contributed by atoms with Crippen molar-refractivity contribution in [1.29, 1.82) is 0 Å². The highest BCUT2D eigenvalue weighted by Gasteiger charge is 2.04. The Hall–Kier alpha value is -0.120. The van der Waals surface area contributed by atoms with Crippen LogP contribution in [-0.4, -0.2) is 6.67 Å². The standard InChI is InChI=1S/C7H10FNS.ClH/c8-4-3-6(9)7-2-1-5-10-7;/h1-2,5-6H,3-4,9H2;1H/t6-;/m1./s1. The first-order chi connectivity index (χ1) is 4.84. The molecule has 0 aliphatic heterocycles. The Morgan fingerprint density at radius 3 is 2.82 bits per heavy atom. The van der Waals surface area contributed by atoms with Crippen LogP contribution in [0.25, 0.3) is 0 Å². The third-order valence-corrected chi connectivity index (χ3v) is 2.33. The van der Waals surface area contributed by atoms with Gasteiger partial charge in [-0.3, -0.25) is 4.39 Å². The van der Waals surface area contributed by atoms with Gasteiger partial charge in [0.25, 0.3) is 0 Å². The molecule has 1 nitrogen and oxygen atoms in total. The predicted molar refractivity (Wildman–Crippen MR) is 49.1 cm³/mol. The Bertz CT molecular complexity index is 179. The second kappa shape index (κ2) is 5.52. The minimum atomic E-state index is -0.334. The lowest BCUT2D eigenvalue weighted by atomic mass is 10.2. The van der Waals surface area contributed by atoms with Crippen LogP contribution in [0.5, 0.6) is 0 Å². The van der Waals surface area contributed by atoms with E-state index in [1.807, 2.05) is 17.5 Å². The molecular weight excluding hydrogens is 185 g/mol. The third-order valence-electron chi connectivity index (χ3n) is 1.33. The number of thiophene rings is 1. The largest absolute Gasteiger partial charge is 0.323 e. The van der Waals surface area contributed by atoms with Crippen molar-refractivity contribution in [3.8, 4) is 0 Å². The van der Waals surface area contributed by atoms with Crippen LogP contribution in [0, 0.1) is 0 Å². The summed E-state index contributed by atoms with van der Waals surface area (Å²) >= 11 is 1.58. The van der Waals surface area contributed by atoms with Gasteiger partial charge in [-0.1, -0.05) is 6.07 Å². The van der Waals surface area contributed by atoms with Crippen molar-refractivity contribution in [1.82, 2.24) is 0 Å². The highest BCUT2D eigenvalue weighted by atomic mass is 35.5. The maximum absolute atomic E-state index is 11.8. The molecule has 1 atom stereocenters. The van der Waals surface area contributed by atoms with Crippen molar-refractivity contribution >= 4 is 23.7 Å². The first-order valence-corrected chi connectivity index (χ1v) is 4.07. The normalized spacial score (nSPS) is 12.2. The minimum absolute atomic E-state index is 0. The van der Waals surface area contributed by atoms with E-state index in [2.05, 4.69) is 0 Å². The van der Waals surface area contributed by atoms with Crippen LogP contribution in [-0.2, 0) is 0 Å². The topological polar surface area (TPSA) is 26.0 Å². The molecule has 0 unspecified atom stereocenters. The molecule has 0 spiro atoms. The Balaban J connectivity index is 0.000001000. The fourth-order valence-corrected chi connectivity index (χ4v) is 1.53. The summed E-state index contributed by atoms with van der Waals surface area (Å²) in [6, 6.07) is 3.76. The summed E-state index contributed by atoms with van der Waals surface area (Å²) in [6.45, 7) is -0.334. The molecule has 4 heteroatoms. The number of hydrogen-bond acceptors (Lipinski definition) is 2. The van der Waals surface area contributed by atoms with Gasteiger partial charge in [-0.15, -0.1) is 23.7 Å². The molecule has 0 aliphatic carbocycles. The van der Waals surface area contributed by atoms with E-state index in [1.54, 1.807) is 11.3 Å². The van der Waals surface area contributed by atoms with Gasteiger partial charge in [0.2, 0.25) is 0 Å². The third kappa shape index (κ3) is 3.18. The van der Waals surface area contributed by atoms with Gasteiger partial charge in [0, 0.05) is 10.9 Å². The molecule has 1 heterocycles. The summed E-state index contributed by atoms with van der Waals surface area (Å²) in [7, 11) is 0. The van der Waals surface area contributed by atoms with Gasteiger partial charge >= 0.3 is 0 Å². The quantitative estimate of drug-likeness (QED) is 0.788. The Kier molecular flexibility index (Phi) is 5.46. The zero-order valence-electron chi connectivity index (χ0n) is 6.00. The minimum Gasteiger partial charge on any atom is -0.323 e. The molecule has 0 fully saturated rings. The number of rotatable bonds is 3. The fraction of sp³-hybridized carbons (Fsp3) is 0.429. The van der Waals surface area contributed by atoms with Gasteiger partial charge < -0.3 is 5.73 Å². The molecule has 64 valence electrons. The SMILES string of the molecule is Cl.N[C@H](CCF)c1cccs1. The van der Waals surface area contributed by atoms with Crippen molar-refractivity contribution in [2.24, 2.45) is 5.73 Å². The predicted octanol–water partition coefficient (Wildman–Crippen LogP) is 2.53. The molecule has 0 radical (unpaired) electrons. The Morgan fingerprint density at radius 2 is 2.36 bits per heavy atom. The van der Waals surface area contributed by atoms with Crippen molar-refractivity contribution in [3.63, 3.8) is 0 Å². The molecule has 1 rings (SSSR count). The maximum atomic E-state index is 11.8. The van der Waals surface area contributed by atoms with Crippen LogP contribution in [0.3, 0.4) is 0 Å². The molecule has 0 aliphatic rings. The van der Waals surface area contributed by atoms with E-state index in [1.165, 1.54) is 0 Å². The first-order valence-electron chi connectivity index (χ1n) is 3.19. The van der Waals surface area contributed by atoms with Gasteiger partial charge in [-0.05, 0) is 17.9 Å². The highest BCUT2D eigenvalue weighted by Crippen LogP contribution is 2.18. The van der Waals surface area contributed by atoms with E-state index >= 15 is 0 Å². The van der Waals surface area contributed by atoms with Crippen LogP contribution < -0.4 is 5.73 Å². The average Bonchev–Trinajstić information content (AvgIpc) is 2.38. The average molecular weight is 196 g/mol. The fourth-order valence-electron chi connectivity index (χ4n) is 0.762. The molecule has 11 heavy (non-hydrogen) atoms. The zero-order valence-corrected chi connectivity index (χ0v) is 7.63. The van der Waals surface area contributed by atoms with E-state index in [0.717, 1.165) is 4.88 Å². The summed E-state index contributed by atoms with van der Waals surface area (Å²) in [5.41, 5.74) is 5.62. The molecule has 0 saturated carbocycles. The summed E-state index contributed by atoms with van der Waals surface area (Å²) in [6.07, 6.45) is 0.431. The van der Waals surface area contributed by atoms with Crippen molar-refractivity contribution < 1.29 is 4.39 Å². The van der Waals surface area contributed by atoms with Crippen LogP contribution in [0.1, 0.15) is 17.3 Å². The van der Waals surface area contributed by atoms with E-state index < -0.39 is 0 Å². The molecular formula is C7H11ClFNS. The maximum Gasteiger partial charge on any atom is 0.0912 e. The van der Waals surface area contributed by atoms with Gasteiger partial charge in [0.15, 0.2) is 0 Å². The lowest BCUT2D eigenvalue weighted by molar-refractivity contribution is 0.444. The molecule has 2 N–H and O–H groups in total. The van der Waals surface area contributed by atoms with E-state index in [4.69, 9.17) is 5.73 Å². The molecule has 0 saturated heterocycles. The summed E-state index contributed by atoms with van der Waals surface area (Å²) in [5.74, 6) is 0. The zero-order chi connectivity index (χ0) is 7.40. The van der Waals surface area contributed by atoms with Gasteiger partial charge in [0.1, 0.15) is 0 Å². The van der Waals surface area contributed by atoms with E-state index in [0.29, 0.717) is 6.42 Å². The Morgan fingerprint density at radius 1 is 1.64 bits per heavy atom. The van der Waals surface area contributed by atoms with Gasteiger partial charge in [-0.2, -0.15) is 0 Å². The van der Waals surface area contributed by atoms with Gasteiger partial charge in [0.05, 0.1) is 6.67 Å². The molecule has 1 aromatic rings. The van der Waals surface area contributed by atoms with E-state index in [-0.39, 0.29) is 25.1 Å². The summed E-state index contributed by atoms with van der Waals surface area (Å²) in [5, 5.41) is 1.95. The number of nitrogens with two attached hydrogens (primary N) is 1. The van der Waals surface area contributed by atoms with Crippen LogP contribution in [0.15, 0.2) is 17.5 Å². The molecule has 0 amide bonds. The van der Waals surface area contributed by atoms with Crippen LogP contribution in [0.4, 0.5) is 4.39 Å². The lowest BCUT2D eigenvalue weighted by Gasteiger charge is -2.04. The molecule has 0 bridgehead atoms. The molecule has 0 aromatic carbocycles. The Labute approximate surface area is 75.8 Å². The van der Waals surface area contributed by atoms with Crippen molar-refractivity contribution in [3.05, 3.63) is 22.4 Å². The van der Waals surface area contributed by atoms with Gasteiger partial charge in [-0.25, -0.2) is 0 Å². The van der Waals surface area contributed by atoms with E-state index in [9.17, 15) is 4.39 Å². The molecule has 1 aromatic heterocycles. The van der Waals surface area contributed by atoms with Crippen LogP contribution >= 0.6 is 23.7 Å². The number of alkyl halides is 1. The second-order valence-electron chi connectivity index (χ2n) is 2.10. The second-order valence-corrected chi connectivity index (χ2v) is 3.08. The van der Waals surface area contributed by atoms with Crippen LogP contribution in [0.2, 0.25) is 0 Å². The number of halogens is 2. The van der Waals surface area contributed by atoms with Crippen molar-refractivity contribution in [2.45, 2.75) is 12.5 Å². The first kappa shape index (κ1) is 10.9. The smallest absolute Gasteiger partial charge is 0.0912 e.